The topological polar surface area (TPSA) is 114 Å². The minimum atomic E-state index is -4.69. The van der Waals surface area contributed by atoms with Gasteiger partial charge in [-0.25, -0.2) is 0 Å². The second kappa shape index (κ2) is 52.2. The number of quaternary nitrogens is 1. The third-order valence-corrected chi connectivity index (χ3v) is 15.2. The first-order chi connectivity index (χ1) is 34.4. The molecule has 1 N–H and O–H groups in total. The predicted octanol–water partition coefficient (Wildman–Crippen LogP) is 18.2. The Morgan fingerprint density at radius 3 is 1.15 bits per heavy atom. The molecule has 0 aliphatic heterocycles. The van der Waals surface area contributed by atoms with Crippen molar-refractivity contribution >= 4 is 19.7 Å². The molecule has 3 atom stereocenters. The van der Waals surface area contributed by atoms with Gasteiger partial charge in [0.15, 0.2) is 0 Å². The van der Waals surface area contributed by atoms with Gasteiger partial charge in [-0.15, -0.1) is 0 Å². The number of esters is 1. The highest BCUT2D eigenvalue weighted by Gasteiger charge is 2.27. The lowest BCUT2D eigenvalue weighted by Gasteiger charge is -2.30. The number of carbonyl (C=O) groups is 2. The average Bonchev–Trinajstić information content (AvgIpc) is 3.33. The second-order valence-electron chi connectivity index (χ2n) is 22.6. The summed E-state index contributed by atoms with van der Waals surface area (Å²) < 4.78 is 30.3. The van der Waals surface area contributed by atoms with E-state index in [0.717, 1.165) is 57.8 Å². The number of rotatable bonds is 57. The maximum absolute atomic E-state index is 13.5. The number of likely N-dealkylation sites (N-methyl/N-ethyl adjacent to an activating group) is 1. The van der Waals surface area contributed by atoms with E-state index >= 15 is 0 Å². The van der Waals surface area contributed by atoms with Crippen molar-refractivity contribution in [1.82, 2.24) is 5.32 Å². The van der Waals surface area contributed by atoms with Crippen LogP contribution in [0.3, 0.4) is 0 Å². The lowest BCUT2D eigenvalue weighted by atomic mass is 10.0. The van der Waals surface area contributed by atoms with Crippen LogP contribution in [0.15, 0.2) is 12.2 Å². The highest BCUT2D eigenvalue weighted by atomic mass is 31.2. The quantitative estimate of drug-likeness (QED) is 0.0212. The highest BCUT2D eigenvalue weighted by molar-refractivity contribution is 7.45. The van der Waals surface area contributed by atoms with Gasteiger partial charge in [0, 0.05) is 12.8 Å². The molecule has 0 saturated heterocycles. The molecule has 0 aliphatic rings. The number of ether oxygens (including phenoxy) is 1. The standard InChI is InChI=1S/C61H121N2O7P/c1-7-10-13-16-19-22-25-28-30-31-33-35-38-41-44-47-50-53-60(64)62-58(57-69-71(66,67)68-56-55-63(4,5)6)59(52-49-46-43-40-37-34-27-24-21-18-15-12-9-3)70-61(65)54-51-48-45-42-39-36-32-29-26-23-20-17-14-11-8-2/h49,52,58-59H,7-48,50-51,53-57H2,1-6H3,(H-,62,64,66,67)/b52-49+. The van der Waals surface area contributed by atoms with Crippen LogP contribution in [0.25, 0.3) is 0 Å². The lowest BCUT2D eigenvalue weighted by Crippen LogP contribution is -2.47. The van der Waals surface area contributed by atoms with Gasteiger partial charge in [-0.2, -0.15) is 0 Å². The average molecular weight is 1030 g/mol. The molecule has 0 aromatic carbocycles. The molecule has 10 heteroatoms. The number of hydrogen-bond donors (Lipinski definition) is 1. The van der Waals surface area contributed by atoms with Gasteiger partial charge in [-0.05, 0) is 31.8 Å². The molecule has 0 rings (SSSR count). The largest absolute Gasteiger partial charge is 0.756 e. The van der Waals surface area contributed by atoms with Crippen LogP contribution in [-0.4, -0.2) is 69.4 Å². The van der Waals surface area contributed by atoms with Gasteiger partial charge < -0.3 is 28.5 Å². The number of carbonyl (C=O) groups excluding carboxylic acids is 2. The number of amides is 1. The third kappa shape index (κ3) is 53.4. The van der Waals surface area contributed by atoms with Gasteiger partial charge in [-0.1, -0.05) is 284 Å². The first-order valence-corrected chi connectivity index (χ1v) is 32.5. The molecule has 1 amide bonds. The van der Waals surface area contributed by atoms with Crippen LogP contribution in [0, 0.1) is 0 Å². The Labute approximate surface area is 441 Å². The van der Waals surface area contributed by atoms with Crippen molar-refractivity contribution in [2.45, 2.75) is 328 Å². The summed E-state index contributed by atoms with van der Waals surface area (Å²) in [6, 6.07) is -0.879. The molecule has 0 fully saturated rings. The third-order valence-electron chi connectivity index (χ3n) is 14.2. The van der Waals surface area contributed by atoms with E-state index in [9.17, 15) is 19.0 Å². The van der Waals surface area contributed by atoms with E-state index in [1.54, 1.807) is 0 Å². The monoisotopic (exact) mass is 1020 g/mol. The maximum Gasteiger partial charge on any atom is 0.306 e. The first kappa shape index (κ1) is 69.8. The number of unbranched alkanes of at least 4 members (excludes halogenated alkanes) is 41. The van der Waals surface area contributed by atoms with Crippen molar-refractivity contribution in [3.8, 4) is 0 Å². The number of phosphoric ester groups is 1. The predicted molar refractivity (Wildman–Crippen MR) is 303 cm³/mol. The zero-order valence-corrected chi connectivity index (χ0v) is 49.1. The molecule has 0 saturated carbocycles. The summed E-state index contributed by atoms with van der Waals surface area (Å²) in [6.07, 6.45) is 58.8. The van der Waals surface area contributed by atoms with Gasteiger partial charge >= 0.3 is 5.97 Å². The molecule has 0 bridgehead atoms. The number of hydrogen-bond acceptors (Lipinski definition) is 7. The highest BCUT2D eigenvalue weighted by Crippen LogP contribution is 2.38. The Morgan fingerprint density at radius 1 is 0.479 bits per heavy atom. The van der Waals surface area contributed by atoms with Crippen LogP contribution >= 0.6 is 7.82 Å². The van der Waals surface area contributed by atoms with Gasteiger partial charge in [0.1, 0.15) is 19.3 Å². The number of phosphoric acid groups is 1. The normalized spacial score (nSPS) is 13.7. The zero-order valence-electron chi connectivity index (χ0n) is 48.2. The van der Waals surface area contributed by atoms with Gasteiger partial charge in [0.05, 0.1) is 33.8 Å². The molecular weight excluding hydrogens is 904 g/mol. The zero-order chi connectivity index (χ0) is 52.2. The van der Waals surface area contributed by atoms with Crippen LogP contribution in [0.2, 0.25) is 0 Å². The maximum atomic E-state index is 13.5. The van der Waals surface area contributed by atoms with Crippen molar-refractivity contribution in [2.75, 3.05) is 40.9 Å². The Hall–Kier alpha value is -1.25. The van der Waals surface area contributed by atoms with Crippen molar-refractivity contribution in [3.05, 3.63) is 12.2 Å². The van der Waals surface area contributed by atoms with Crippen LogP contribution < -0.4 is 10.2 Å². The minimum absolute atomic E-state index is 0.0167. The summed E-state index contributed by atoms with van der Waals surface area (Å²) in [4.78, 5) is 39.9. The molecule has 9 nitrogen and oxygen atoms in total. The Kier molecular flexibility index (Phi) is 51.3. The van der Waals surface area contributed by atoms with Crippen LogP contribution in [-0.2, 0) is 27.9 Å². The van der Waals surface area contributed by atoms with E-state index < -0.39 is 20.0 Å². The molecule has 0 radical (unpaired) electrons. The van der Waals surface area contributed by atoms with E-state index in [1.165, 1.54) is 225 Å². The Morgan fingerprint density at radius 2 is 0.803 bits per heavy atom. The van der Waals surface area contributed by atoms with Gasteiger partial charge in [0.25, 0.3) is 7.82 Å². The molecule has 422 valence electrons. The molecule has 0 aromatic rings. The van der Waals surface area contributed by atoms with Crippen molar-refractivity contribution in [1.29, 1.82) is 0 Å². The molecule has 71 heavy (non-hydrogen) atoms. The van der Waals surface area contributed by atoms with Crippen LogP contribution in [0.4, 0.5) is 0 Å². The van der Waals surface area contributed by atoms with E-state index in [-0.39, 0.29) is 31.5 Å². The molecule has 0 aliphatic carbocycles. The fourth-order valence-electron chi connectivity index (χ4n) is 9.41. The molecule has 0 spiro atoms. The number of nitrogens with zero attached hydrogens (tertiary/aromatic N) is 1. The van der Waals surface area contributed by atoms with Crippen LogP contribution in [0.1, 0.15) is 316 Å². The van der Waals surface area contributed by atoms with E-state index in [1.807, 2.05) is 33.3 Å². The summed E-state index contributed by atoms with van der Waals surface area (Å²) in [5.74, 6) is -0.519. The summed E-state index contributed by atoms with van der Waals surface area (Å²) in [5, 5.41) is 3.04. The summed E-state index contributed by atoms with van der Waals surface area (Å²) >= 11 is 0. The fraction of sp³-hybridized carbons (Fsp3) is 0.934. The van der Waals surface area contributed by atoms with Crippen molar-refractivity contribution in [3.63, 3.8) is 0 Å². The van der Waals surface area contributed by atoms with E-state index in [4.69, 9.17) is 13.8 Å². The Balaban J connectivity index is 5.26. The number of allylic oxidation sites excluding steroid dienone is 1. The van der Waals surface area contributed by atoms with Crippen molar-refractivity contribution < 1.29 is 37.3 Å². The van der Waals surface area contributed by atoms with Crippen LogP contribution in [0.5, 0.6) is 0 Å². The number of nitrogens with one attached hydrogen (secondary N) is 1. The van der Waals surface area contributed by atoms with Gasteiger partial charge in [-0.3, -0.25) is 14.2 Å². The summed E-state index contributed by atoms with van der Waals surface area (Å²) in [5.41, 5.74) is 0. The molecule has 0 aromatic heterocycles. The summed E-state index contributed by atoms with van der Waals surface area (Å²) in [7, 11) is 1.21. The molecular formula is C61H121N2O7P. The molecule has 0 heterocycles. The SMILES string of the molecule is CCCCCCCCCCCCC/C=C/C(OC(=O)CCCCCCCCCCCCCCCCC)C(COP(=O)([O-])OCC[N+](C)(C)C)NC(=O)CCCCCCCCCCCCCCCCCCC. The lowest BCUT2D eigenvalue weighted by molar-refractivity contribution is -0.870. The minimum Gasteiger partial charge on any atom is -0.756 e. The van der Waals surface area contributed by atoms with Crippen molar-refractivity contribution in [2.24, 2.45) is 0 Å². The first-order valence-electron chi connectivity index (χ1n) is 31.0. The summed E-state index contributed by atoms with van der Waals surface area (Å²) in [6.45, 7) is 6.90. The Bertz CT molecular complexity index is 1230. The fourth-order valence-corrected chi connectivity index (χ4v) is 10.1. The van der Waals surface area contributed by atoms with E-state index in [0.29, 0.717) is 17.4 Å². The second-order valence-corrected chi connectivity index (χ2v) is 24.0. The van der Waals surface area contributed by atoms with Gasteiger partial charge in [0.2, 0.25) is 5.91 Å². The van der Waals surface area contributed by atoms with E-state index in [2.05, 4.69) is 26.1 Å². The smallest absolute Gasteiger partial charge is 0.306 e. The molecule has 3 unspecified atom stereocenters.